The van der Waals surface area contributed by atoms with Gasteiger partial charge in [0.15, 0.2) is 10.8 Å². The van der Waals surface area contributed by atoms with Crippen LogP contribution in [0.5, 0.6) is 5.75 Å². The van der Waals surface area contributed by atoms with E-state index < -0.39 is 11.9 Å². The van der Waals surface area contributed by atoms with E-state index in [1.165, 1.54) is 16.9 Å². The van der Waals surface area contributed by atoms with Crippen LogP contribution in [0.2, 0.25) is 0 Å². The minimum Gasteiger partial charge on any atom is -0.490 e. The molecule has 1 atom stereocenters. The Labute approximate surface area is 427 Å². The number of benzene rings is 4. The van der Waals surface area contributed by atoms with Crippen molar-refractivity contribution >= 4 is 73.0 Å². The number of carbonyl (C=O) groups is 5. The number of likely N-dealkylation sites (tertiary alicyclic amines) is 1. The van der Waals surface area contributed by atoms with E-state index in [1.807, 2.05) is 113 Å². The van der Waals surface area contributed by atoms with E-state index >= 15 is 0 Å². The molecule has 3 fully saturated rings. The molecular weight excluding hydrogens is 941 g/mol. The van der Waals surface area contributed by atoms with E-state index in [-0.39, 0.29) is 41.3 Å². The molecule has 11 rings (SSSR count). The van der Waals surface area contributed by atoms with E-state index in [0.29, 0.717) is 79.9 Å². The Balaban J connectivity index is 0.681. The molecule has 73 heavy (non-hydrogen) atoms. The van der Waals surface area contributed by atoms with Crippen LogP contribution in [0.15, 0.2) is 91.0 Å². The van der Waals surface area contributed by atoms with Gasteiger partial charge >= 0.3 is 5.97 Å². The molecule has 2 saturated heterocycles. The molecule has 374 valence electrons. The number of ether oxygens (including phenoxy) is 1. The number of anilines is 2. The van der Waals surface area contributed by atoms with Crippen LogP contribution in [-0.4, -0.2) is 85.1 Å². The Kier molecular flexibility index (Phi) is 13.2. The Hall–Kier alpha value is -7.46. The lowest BCUT2D eigenvalue weighted by Gasteiger charge is -2.33. The lowest BCUT2D eigenvalue weighted by molar-refractivity contribution is -0.134. The number of nitrogens with one attached hydrogen (secondary N) is 2. The van der Waals surface area contributed by atoms with Crippen LogP contribution in [0.4, 0.5) is 10.9 Å². The van der Waals surface area contributed by atoms with Gasteiger partial charge in [0.25, 0.3) is 5.91 Å². The second-order valence-electron chi connectivity index (χ2n) is 20.1. The van der Waals surface area contributed by atoms with Crippen molar-refractivity contribution in [3.05, 3.63) is 130 Å². The minimum atomic E-state index is -1.13. The van der Waals surface area contributed by atoms with Crippen LogP contribution in [0.1, 0.15) is 125 Å². The number of imide groups is 1. The highest BCUT2D eigenvalue weighted by atomic mass is 32.1. The Morgan fingerprint density at radius 2 is 1.63 bits per heavy atom. The van der Waals surface area contributed by atoms with E-state index in [9.17, 15) is 29.1 Å². The molecule has 1 saturated carbocycles. The summed E-state index contributed by atoms with van der Waals surface area (Å²) in [5.74, 6) is -0.162. The third kappa shape index (κ3) is 9.67. The van der Waals surface area contributed by atoms with Crippen LogP contribution in [0.3, 0.4) is 0 Å². The molecule has 0 radical (unpaired) electrons. The molecule has 16 heteroatoms. The zero-order valence-electron chi connectivity index (χ0n) is 41.1. The summed E-state index contributed by atoms with van der Waals surface area (Å²) in [6.45, 7) is 4.38. The lowest BCUT2D eigenvalue weighted by atomic mass is 9.84. The third-order valence-corrected chi connectivity index (χ3v) is 16.6. The number of fused-ring (bicyclic) bond motifs is 3. The Morgan fingerprint density at radius 1 is 0.836 bits per heavy atom. The number of rotatable bonds is 12. The topological polar surface area (TPSA) is 189 Å². The highest BCUT2D eigenvalue weighted by Crippen LogP contribution is 2.40. The van der Waals surface area contributed by atoms with Gasteiger partial charge in [0.05, 0.1) is 33.4 Å². The maximum atomic E-state index is 13.7. The number of carbonyl (C=O) groups excluding carboxylic acids is 4. The molecule has 4 aromatic carbocycles. The normalized spacial score (nSPS) is 19.5. The van der Waals surface area contributed by atoms with Crippen molar-refractivity contribution < 1.29 is 33.8 Å². The third-order valence-electron chi connectivity index (χ3n) is 15.6. The molecule has 15 nitrogen and oxygen atoms in total. The van der Waals surface area contributed by atoms with Gasteiger partial charge in [0.2, 0.25) is 17.7 Å². The summed E-state index contributed by atoms with van der Waals surface area (Å²) < 4.78 is 9.52. The number of pyridine rings is 1. The number of carboxylic acid groups (broad SMARTS) is 1. The van der Waals surface area contributed by atoms with Crippen molar-refractivity contribution in [1.29, 1.82) is 0 Å². The van der Waals surface area contributed by atoms with E-state index in [1.54, 1.807) is 0 Å². The molecule has 3 N–H and O–H groups in total. The molecule has 3 aromatic heterocycles. The predicted molar refractivity (Wildman–Crippen MR) is 280 cm³/mol. The van der Waals surface area contributed by atoms with Gasteiger partial charge in [-0.2, -0.15) is 5.10 Å². The fraction of sp³-hybridized carbons (Fsp3) is 0.368. The van der Waals surface area contributed by atoms with Crippen molar-refractivity contribution in [2.24, 2.45) is 13.0 Å². The maximum absolute atomic E-state index is 13.7. The van der Waals surface area contributed by atoms with Crippen molar-refractivity contribution in [2.45, 2.75) is 102 Å². The van der Waals surface area contributed by atoms with Gasteiger partial charge in [-0.05, 0) is 141 Å². The largest absolute Gasteiger partial charge is 0.490 e. The molecule has 4 amide bonds. The van der Waals surface area contributed by atoms with Gasteiger partial charge in [-0.25, -0.2) is 14.8 Å². The molecule has 3 aliphatic heterocycles. The van der Waals surface area contributed by atoms with Gasteiger partial charge in [0, 0.05) is 62.6 Å². The number of aromatic nitrogens is 4. The summed E-state index contributed by atoms with van der Waals surface area (Å²) in [5, 5.41) is 22.3. The summed E-state index contributed by atoms with van der Waals surface area (Å²) in [7, 11) is 1.92. The van der Waals surface area contributed by atoms with Crippen LogP contribution in [0.25, 0.3) is 32.2 Å². The summed E-state index contributed by atoms with van der Waals surface area (Å²) in [6, 6.07) is 29.2. The first kappa shape index (κ1) is 47.8. The number of hydrogen-bond acceptors (Lipinski definition) is 11. The van der Waals surface area contributed by atoms with Gasteiger partial charge in [-0.1, -0.05) is 65.9 Å². The van der Waals surface area contributed by atoms with E-state index in [2.05, 4.69) is 21.7 Å². The van der Waals surface area contributed by atoms with Crippen molar-refractivity contribution in [2.75, 3.05) is 29.9 Å². The monoisotopic (exact) mass is 998 g/mol. The van der Waals surface area contributed by atoms with Crippen LogP contribution in [0, 0.1) is 12.8 Å². The number of piperidine rings is 2. The molecular formula is C57H58N8O7S. The Bertz CT molecular complexity index is 3280. The first-order valence-electron chi connectivity index (χ1n) is 25.6. The highest BCUT2D eigenvalue weighted by Gasteiger charge is 2.34. The number of hydrogen-bond donors (Lipinski definition) is 3. The number of thiazole rings is 1. The number of amides is 4. The van der Waals surface area contributed by atoms with Gasteiger partial charge in [0.1, 0.15) is 11.6 Å². The highest BCUT2D eigenvalue weighted by molar-refractivity contribution is 7.22. The lowest BCUT2D eigenvalue weighted by Crippen LogP contribution is -2.39. The van der Waals surface area contributed by atoms with Gasteiger partial charge in [-0.3, -0.25) is 34.5 Å². The van der Waals surface area contributed by atoms with Crippen molar-refractivity contribution in [3.63, 3.8) is 0 Å². The number of para-hydroxylation sites is 2. The standard InChI is InChI=1S/C57H58N8O7S/c1-33-38(40-21-23-48(59-52(40)56(70)71)65-31-28-35-8-5-11-41(44(35)32-65)54(68)61-57-58-45-13-3-4-15-47(45)73-57)9-7-14-46(33)72-37-19-16-34(17-20-37)18-25-50(67)64-29-26-36(27-30-64)39-10-6-12-42-51(62-63(2)53(39)42)43-22-24-49(66)60-55(43)69/h3-15,21,23,34,36-37,43H,16-20,22,24-32H2,1-2H3,(H,70,71)(H,58,61,68)(H,60,66,69). The number of carboxylic acids is 1. The molecule has 6 heterocycles. The number of nitrogens with zero attached hydrogens (tertiary/aromatic N) is 6. The molecule has 1 unspecified atom stereocenters. The van der Waals surface area contributed by atoms with Crippen LogP contribution in [-0.2, 0) is 34.4 Å². The summed E-state index contributed by atoms with van der Waals surface area (Å²) in [4.78, 5) is 78.1. The number of aryl methyl sites for hydroxylation is 1. The molecule has 0 spiro atoms. The zero-order valence-corrected chi connectivity index (χ0v) is 41.9. The van der Waals surface area contributed by atoms with Crippen molar-refractivity contribution in [1.82, 2.24) is 30.0 Å². The second-order valence-corrected chi connectivity index (χ2v) is 21.1. The molecule has 4 aliphatic rings. The smallest absolute Gasteiger partial charge is 0.355 e. The van der Waals surface area contributed by atoms with E-state index in [4.69, 9.17) is 14.8 Å². The van der Waals surface area contributed by atoms with Gasteiger partial charge in [-0.15, -0.1) is 0 Å². The summed E-state index contributed by atoms with van der Waals surface area (Å²) >= 11 is 1.43. The average molecular weight is 999 g/mol. The first-order chi connectivity index (χ1) is 35.4. The SMILES string of the molecule is Cc1c(OC2CCC(CCC(=O)N3CCC(c4cccc5c(C6CCC(=O)NC6=O)nn(C)c45)CC3)CC2)cccc1-c1ccc(N2CCc3cccc(C(=O)Nc4nc5ccccc5s4)c3C2)nc1C(=O)O. The molecule has 0 bridgehead atoms. The molecule has 7 aromatic rings. The first-order valence-corrected chi connectivity index (χ1v) is 26.4. The Morgan fingerprint density at radius 3 is 2.42 bits per heavy atom. The zero-order chi connectivity index (χ0) is 50.3. The second kappa shape index (κ2) is 20.2. The fourth-order valence-electron chi connectivity index (χ4n) is 11.7. The van der Waals surface area contributed by atoms with Crippen molar-refractivity contribution in [3.8, 4) is 16.9 Å². The minimum absolute atomic E-state index is 0.0125. The number of aromatic carboxylic acids is 1. The molecule has 1 aliphatic carbocycles. The maximum Gasteiger partial charge on any atom is 0.355 e. The van der Waals surface area contributed by atoms with Crippen LogP contribution < -0.4 is 20.3 Å². The van der Waals surface area contributed by atoms with Gasteiger partial charge < -0.3 is 19.6 Å². The summed E-state index contributed by atoms with van der Waals surface area (Å²) in [6.07, 6.45) is 8.24. The predicted octanol–water partition coefficient (Wildman–Crippen LogP) is 9.71. The van der Waals surface area contributed by atoms with E-state index in [0.717, 1.165) is 99.8 Å². The quantitative estimate of drug-likeness (QED) is 0.0989. The van der Waals surface area contributed by atoms with Crippen LogP contribution >= 0.6 is 11.3 Å². The fourth-order valence-corrected chi connectivity index (χ4v) is 12.6. The summed E-state index contributed by atoms with van der Waals surface area (Å²) in [5.41, 5.74) is 8.33. The average Bonchev–Trinajstić information content (AvgIpc) is 3.98.